The van der Waals surface area contributed by atoms with Gasteiger partial charge in [-0.1, -0.05) is 0 Å². The third-order valence-corrected chi connectivity index (χ3v) is 3.41. The zero-order valence-electron chi connectivity index (χ0n) is 9.91. The number of nitrogens with zero attached hydrogens (tertiary/aromatic N) is 2. The molecule has 90 valence electrons. The van der Waals surface area contributed by atoms with E-state index >= 15 is 0 Å². The first-order valence-corrected chi connectivity index (χ1v) is 6.06. The van der Waals surface area contributed by atoms with E-state index in [4.69, 9.17) is 15.9 Å². The van der Waals surface area contributed by atoms with E-state index < -0.39 is 0 Å². The number of nitrogen functional groups attached to an aromatic ring is 1. The first-order chi connectivity index (χ1) is 7.57. The van der Waals surface area contributed by atoms with Crippen LogP contribution >= 0.6 is 11.8 Å². The van der Waals surface area contributed by atoms with Crippen LogP contribution < -0.4 is 5.73 Å². The Balaban J connectivity index is 2.74. The Morgan fingerprint density at radius 2 is 2.31 bits per heavy atom. The number of hydrogen-bond donors (Lipinski definition) is 2. The minimum atomic E-state index is 0.0832. The first-order valence-electron chi connectivity index (χ1n) is 5.07. The second-order valence-corrected chi connectivity index (χ2v) is 4.58. The fourth-order valence-corrected chi connectivity index (χ4v) is 2.57. The molecule has 0 amide bonds. The van der Waals surface area contributed by atoms with Gasteiger partial charge in [0.05, 0.1) is 11.3 Å². The SMILES string of the molecule is COCCCSc1c(C(=N)N)c(C)nn1C. The number of thioether (sulfide) groups is 1. The molecule has 0 fully saturated rings. The third kappa shape index (κ3) is 2.99. The molecular weight excluding hydrogens is 224 g/mol. The summed E-state index contributed by atoms with van der Waals surface area (Å²) in [6.07, 6.45) is 0.975. The van der Waals surface area contributed by atoms with Crippen LogP contribution in [0.5, 0.6) is 0 Å². The monoisotopic (exact) mass is 242 g/mol. The second kappa shape index (κ2) is 5.91. The van der Waals surface area contributed by atoms with Crippen molar-refractivity contribution in [1.82, 2.24) is 9.78 Å². The zero-order chi connectivity index (χ0) is 12.1. The Morgan fingerprint density at radius 3 is 2.88 bits per heavy atom. The molecule has 0 aliphatic heterocycles. The molecule has 1 aromatic heterocycles. The molecule has 1 aromatic rings. The van der Waals surface area contributed by atoms with Gasteiger partial charge in [-0.15, -0.1) is 11.8 Å². The second-order valence-electron chi connectivity index (χ2n) is 3.50. The quantitative estimate of drug-likeness (QED) is 0.339. The highest BCUT2D eigenvalue weighted by Gasteiger charge is 2.15. The van der Waals surface area contributed by atoms with E-state index in [2.05, 4.69) is 5.10 Å². The van der Waals surface area contributed by atoms with E-state index in [0.29, 0.717) is 0 Å². The molecule has 6 heteroatoms. The summed E-state index contributed by atoms with van der Waals surface area (Å²) in [5, 5.41) is 12.8. The average molecular weight is 242 g/mol. The lowest BCUT2D eigenvalue weighted by atomic mass is 10.2. The maximum absolute atomic E-state index is 7.53. The molecule has 0 aromatic carbocycles. The number of nitrogens with two attached hydrogens (primary N) is 1. The van der Waals surface area contributed by atoms with Crippen LogP contribution in [0.15, 0.2) is 5.03 Å². The highest BCUT2D eigenvalue weighted by molar-refractivity contribution is 7.99. The Hall–Kier alpha value is -1.01. The molecule has 0 spiro atoms. The fraction of sp³-hybridized carbons (Fsp3) is 0.600. The molecule has 1 heterocycles. The summed E-state index contributed by atoms with van der Waals surface area (Å²) < 4.78 is 6.77. The third-order valence-electron chi connectivity index (χ3n) is 2.17. The van der Waals surface area contributed by atoms with E-state index in [1.165, 1.54) is 0 Å². The summed E-state index contributed by atoms with van der Waals surface area (Å²) in [6, 6.07) is 0. The number of rotatable bonds is 6. The molecule has 0 saturated heterocycles. The van der Waals surface area contributed by atoms with Crippen LogP contribution in [0.4, 0.5) is 0 Å². The molecule has 0 aliphatic rings. The van der Waals surface area contributed by atoms with Gasteiger partial charge in [0, 0.05) is 26.5 Å². The molecule has 16 heavy (non-hydrogen) atoms. The summed E-state index contributed by atoms with van der Waals surface area (Å²) in [4.78, 5) is 0. The maximum atomic E-state index is 7.53. The molecule has 0 radical (unpaired) electrons. The Labute approximate surface area is 99.9 Å². The number of aryl methyl sites for hydroxylation is 2. The summed E-state index contributed by atoms with van der Waals surface area (Å²) >= 11 is 1.66. The topological polar surface area (TPSA) is 76.9 Å². The lowest BCUT2D eigenvalue weighted by molar-refractivity contribution is 0.200. The molecule has 0 atom stereocenters. The van der Waals surface area contributed by atoms with Crippen molar-refractivity contribution >= 4 is 17.6 Å². The van der Waals surface area contributed by atoms with E-state index in [1.807, 2.05) is 14.0 Å². The summed E-state index contributed by atoms with van der Waals surface area (Å²) in [6.45, 7) is 2.62. The molecule has 0 saturated carbocycles. The van der Waals surface area contributed by atoms with Crippen LogP contribution in [0.3, 0.4) is 0 Å². The summed E-state index contributed by atoms with van der Waals surface area (Å²) in [7, 11) is 3.57. The molecule has 5 nitrogen and oxygen atoms in total. The van der Waals surface area contributed by atoms with Gasteiger partial charge in [0.1, 0.15) is 10.9 Å². The number of amidine groups is 1. The number of ether oxygens (including phenoxy) is 1. The Kier molecular flexibility index (Phi) is 4.82. The number of methoxy groups -OCH3 is 1. The molecule has 0 aliphatic carbocycles. The van der Waals surface area contributed by atoms with Gasteiger partial charge in [-0.3, -0.25) is 10.1 Å². The van der Waals surface area contributed by atoms with Crippen LogP contribution in [0.2, 0.25) is 0 Å². The Bertz CT molecular complexity index is 375. The normalized spacial score (nSPS) is 10.7. The van der Waals surface area contributed by atoms with Gasteiger partial charge >= 0.3 is 0 Å². The maximum Gasteiger partial charge on any atom is 0.127 e. The highest BCUT2D eigenvalue weighted by Crippen LogP contribution is 2.24. The van der Waals surface area contributed by atoms with Crippen molar-refractivity contribution < 1.29 is 4.74 Å². The van der Waals surface area contributed by atoms with Gasteiger partial charge in [0.25, 0.3) is 0 Å². The van der Waals surface area contributed by atoms with Crippen LogP contribution in [0.25, 0.3) is 0 Å². The van der Waals surface area contributed by atoms with Gasteiger partial charge in [-0.25, -0.2) is 0 Å². The standard InChI is InChI=1S/C10H18N4OS/c1-7-8(9(11)12)10(14(2)13-7)16-6-4-5-15-3/h4-6H2,1-3H3,(H3,11,12). The van der Waals surface area contributed by atoms with Gasteiger partial charge in [-0.05, 0) is 13.3 Å². The molecule has 0 unspecified atom stereocenters. The van der Waals surface area contributed by atoms with Crippen LogP contribution in [0, 0.1) is 12.3 Å². The van der Waals surface area contributed by atoms with Crippen LogP contribution in [0.1, 0.15) is 17.7 Å². The van der Waals surface area contributed by atoms with Crippen molar-refractivity contribution in [1.29, 1.82) is 5.41 Å². The van der Waals surface area contributed by atoms with E-state index in [0.717, 1.165) is 35.1 Å². The van der Waals surface area contributed by atoms with Crippen LogP contribution in [-0.2, 0) is 11.8 Å². The predicted octanol–water partition coefficient (Wildman–Crippen LogP) is 1.14. The smallest absolute Gasteiger partial charge is 0.127 e. The van der Waals surface area contributed by atoms with Crippen molar-refractivity contribution in [3.8, 4) is 0 Å². The van der Waals surface area contributed by atoms with Crippen molar-refractivity contribution in [2.24, 2.45) is 12.8 Å². The van der Waals surface area contributed by atoms with Gasteiger partial charge in [0.2, 0.25) is 0 Å². The predicted molar refractivity (Wildman–Crippen MR) is 66.2 cm³/mol. The lowest BCUT2D eigenvalue weighted by Crippen LogP contribution is -2.13. The highest BCUT2D eigenvalue weighted by atomic mass is 32.2. The largest absolute Gasteiger partial charge is 0.385 e. The van der Waals surface area contributed by atoms with Gasteiger partial charge in [0.15, 0.2) is 0 Å². The summed E-state index contributed by atoms with van der Waals surface area (Å²) in [5.74, 6) is 1.02. The van der Waals surface area contributed by atoms with E-state index in [9.17, 15) is 0 Å². The molecule has 0 bridgehead atoms. The van der Waals surface area contributed by atoms with Crippen molar-refractivity contribution in [2.45, 2.75) is 18.4 Å². The zero-order valence-corrected chi connectivity index (χ0v) is 10.7. The van der Waals surface area contributed by atoms with Crippen molar-refractivity contribution in [2.75, 3.05) is 19.5 Å². The van der Waals surface area contributed by atoms with Crippen molar-refractivity contribution in [3.63, 3.8) is 0 Å². The lowest BCUT2D eigenvalue weighted by Gasteiger charge is -2.04. The number of hydrogen-bond acceptors (Lipinski definition) is 4. The van der Waals surface area contributed by atoms with Gasteiger partial charge in [-0.2, -0.15) is 5.10 Å². The molecule has 1 rings (SSSR count). The summed E-state index contributed by atoms with van der Waals surface area (Å²) in [5.41, 5.74) is 7.12. The minimum absolute atomic E-state index is 0.0832. The van der Waals surface area contributed by atoms with Gasteiger partial charge < -0.3 is 10.5 Å². The average Bonchev–Trinajstić information content (AvgIpc) is 2.48. The number of aromatic nitrogens is 2. The fourth-order valence-electron chi connectivity index (χ4n) is 1.48. The number of nitrogens with one attached hydrogen (secondary N) is 1. The van der Waals surface area contributed by atoms with E-state index in [-0.39, 0.29) is 5.84 Å². The Morgan fingerprint density at radius 1 is 1.62 bits per heavy atom. The van der Waals surface area contributed by atoms with Crippen molar-refractivity contribution in [3.05, 3.63) is 11.3 Å². The molecular formula is C10H18N4OS. The van der Waals surface area contributed by atoms with Crippen LogP contribution in [-0.4, -0.2) is 35.1 Å². The molecule has 3 N–H and O–H groups in total. The first kappa shape index (κ1) is 13.1. The van der Waals surface area contributed by atoms with E-state index in [1.54, 1.807) is 23.6 Å². The minimum Gasteiger partial charge on any atom is -0.385 e.